The number of nitrogens with one attached hydrogen (secondary N) is 1. The highest BCUT2D eigenvalue weighted by molar-refractivity contribution is 5.93. The van der Waals surface area contributed by atoms with E-state index in [1.807, 2.05) is 6.92 Å². The second-order valence-corrected chi connectivity index (χ2v) is 4.90. The summed E-state index contributed by atoms with van der Waals surface area (Å²) < 4.78 is 4.64. The molecule has 1 aliphatic rings. The smallest absolute Gasteiger partial charge is 0.245 e. The highest BCUT2D eigenvalue weighted by atomic mass is 16.5. The molecule has 6 heteroatoms. The Morgan fingerprint density at radius 2 is 2.32 bits per heavy atom. The van der Waals surface area contributed by atoms with Gasteiger partial charge in [0.1, 0.15) is 6.26 Å². The van der Waals surface area contributed by atoms with Crippen LogP contribution in [0.2, 0.25) is 0 Å². The van der Waals surface area contributed by atoms with E-state index in [4.69, 9.17) is 0 Å². The second-order valence-electron chi connectivity index (χ2n) is 4.90. The number of rotatable bonds is 7. The minimum atomic E-state index is -0.237. The Bertz CT molecular complexity index is 426. The van der Waals surface area contributed by atoms with Gasteiger partial charge in [-0.2, -0.15) is 0 Å². The Morgan fingerprint density at radius 1 is 1.53 bits per heavy atom. The molecule has 0 radical (unpaired) electrons. The maximum Gasteiger partial charge on any atom is 0.245 e. The van der Waals surface area contributed by atoms with Crippen molar-refractivity contribution in [2.45, 2.75) is 32.6 Å². The molecule has 1 heterocycles. The lowest BCUT2D eigenvalue weighted by molar-refractivity contribution is -0.135. The summed E-state index contributed by atoms with van der Waals surface area (Å²) in [6.45, 7) is 2.73. The first kappa shape index (κ1) is 13.6. The topological polar surface area (TPSA) is 75.4 Å². The van der Waals surface area contributed by atoms with Crippen molar-refractivity contribution in [3.63, 3.8) is 0 Å². The maximum atomic E-state index is 12.0. The third-order valence-electron chi connectivity index (χ3n) is 3.03. The van der Waals surface area contributed by atoms with E-state index in [1.54, 1.807) is 11.0 Å². The van der Waals surface area contributed by atoms with E-state index in [-0.39, 0.29) is 18.4 Å². The summed E-state index contributed by atoms with van der Waals surface area (Å²) in [5.74, 6) is 0.753. The Hall–Kier alpha value is -1.85. The van der Waals surface area contributed by atoms with Gasteiger partial charge in [-0.3, -0.25) is 9.59 Å². The summed E-state index contributed by atoms with van der Waals surface area (Å²) in [6, 6.07) is 1.57. The van der Waals surface area contributed by atoms with Crippen LogP contribution in [-0.4, -0.2) is 35.0 Å². The van der Waals surface area contributed by atoms with E-state index in [0.29, 0.717) is 24.7 Å². The van der Waals surface area contributed by atoms with E-state index in [9.17, 15) is 9.59 Å². The Labute approximate surface area is 112 Å². The van der Waals surface area contributed by atoms with Gasteiger partial charge in [-0.15, -0.1) is 0 Å². The van der Waals surface area contributed by atoms with Crippen molar-refractivity contribution < 1.29 is 14.1 Å². The minimum absolute atomic E-state index is 0.0460. The van der Waals surface area contributed by atoms with Gasteiger partial charge in [0.2, 0.25) is 11.8 Å². The Kier molecular flexibility index (Phi) is 4.54. The van der Waals surface area contributed by atoms with E-state index >= 15 is 0 Å². The zero-order valence-electron chi connectivity index (χ0n) is 11.1. The van der Waals surface area contributed by atoms with Crippen molar-refractivity contribution in [2.75, 3.05) is 18.4 Å². The van der Waals surface area contributed by atoms with Crippen molar-refractivity contribution in [1.29, 1.82) is 0 Å². The lowest BCUT2D eigenvalue weighted by Gasteiger charge is -2.21. The van der Waals surface area contributed by atoms with Crippen LogP contribution in [0.25, 0.3) is 0 Å². The molecule has 1 fully saturated rings. The molecular formula is C13H19N3O3. The molecular weight excluding hydrogens is 246 g/mol. The number of carbonyl (C=O) groups is 2. The number of nitrogens with zero attached hydrogens (tertiary/aromatic N) is 2. The number of hydrogen-bond donors (Lipinski definition) is 1. The number of amides is 2. The largest absolute Gasteiger partial charge is 0.363 e. The fourth-order valence-electron chi connectivity index (χ4n) is 1.87. The normalized spacial score (nSPS) is 14.2. The summed E-state index contributed by atoms with van der Waals surface area (Å²) in [4.78, 5) is 25.5. The molecule has 0 bridgehead atoms. The minimum Gasteiger partial charge on any atom is -0.363 e. The first-order valence-electron chi connectivity index (χ1n) is 6.67. The van der Waals surface area contributed by atoms with E-state index < -0.39 is 0 Å². The molecule has 0 aliphatic heterocycles. The molecule has 0 saturated heterocycles. The van der Waals surface area contributed by atoms with Gasteiger partial charge in [0.15, 0.2) is 5.82 Å². The standard InChI is InChI=1S/C13H19N3O3/c1-2-3-13(18)16(8-10-4-5-10)9-12(17)14-11-6-7-19-15-11/h6-7,10H,2-5,8-9H2,1H3,(H,14,15,17). The zero-order valence-corrected chi connectivity index (χ0v) is 11.1. The van der Waals surface area contributed by atoms with Gasteiger partial charge < -0.3 is 14.7 Å². The van der Waals surface area contributed by atoms with Crippen LogP contribution in [0.1, 0.15) is 32.6 Å². The maximum absolute atomic E-state index is 12.0. The molecule has 1 aromatic heterocycles. The lowest BCUT2D eigenvalue weighted by atomic mass is 10.2. The first-order chi connectivity index (χ1) is 9.19. The van der Waals surface area contributed by atoms with E-state index in [0.717, 1.165) is 19.3 Å². The SMILES string of the molecule is CCCC(=O)N(CC(=O)Nc1ccon1)CC1CC1. The summed E-state index contributed by atoms with van der Waals surface area (Å²) >= 11 is 0. The van der Waals surface area contributed by atoms with Crippen LogP contribution in [0, 0.1) is 5.92 Å². The molecule has 0 aromatic carbocycles. The van der Waals surface area contributed by atoms with E-state index in [2.05, 4.69) is 15.0 Å². The van der Waals surface area contributed by atoms with Crippen LogP contribution in [-0.2, 0) is 9.59 Å². The molecule has 104 valence electrons. The molecule has 19 heavy (non-hydrogen) atoms. The van der Waals surface area contributed by atoms with Crippen molar-refractivity contribution >= 4 is 17.6 Å². The Balaban J connectivity index is 1.86. The predicted molar refractivity (Wildman–Crippen MR) is 69.3 cm³/mol. The quantitative estimate of drug-likeness (QED) is 0.813. The van der Waals surface area contributed by atoms with Crippen LogP contribution in [0.4, 0.5) is 5.82 Å². The average Bonchev–Trinajstić information content (AvgIpc) is 3.04. The molecule has 0 spiro atoms. The summed E-state index contributed by atoms with van der Waals surface area (Å²) in [6.07, 6.45) is 4.98. The number of carbonyl (C=O) groups excluding carboxylic acids is 2. The summed E-state index contributed by atoms with van der Waals surface area (Å²) in [5, 5.41) is 6.21. The summed E-state index contributed by atoms with van der Waals surface area (Å²) in [7, 11) is 0. The predicted octanol–water partition coefficient (Wildman–Crippen LogP) is 1.65. The zero-order chi connectivity index (χ0) is 13.7. The first-order valence-corrected chi connectivity index (χ1v) is 6.67. The molecule has 1 N–H and O–H groups in total. The molecule has 1 aromatic rings. The Morgan fingerprint density at radius 3 is 2.89 bits per heavy atom. The fraction of sp³-hybridized carbons (Fsp3) is 0.615. The van der Waals surface area contributed by atoms with Crippen LogP contribution < -0.4 is 5.32 Å². The lowest BCUT2D eigenvalue weighted by Crippen LogP contribution is -2.39. The second kappa shape index (κ2) is 6.36. The fourth-order valence-corrected chi connectivity index (χ4v) is 1.87. The highest BCUT2D eigenvalue weighted by Gasteiger charge is 2.27. The number of aromatic nitrogens is 1. The van der Waals surface area contributed by atoms with Crippen molar-refractivity contribution in [1.82, 2.24) is 10.1 Å². The van der Waals surface area contributed by atoms with Crippen LogP contribution in [0.5, 0.6) is 0 Å². The highest BCUT2D eigenvalue weighted by Crippen LogP contribution is 2.29. The molecule has 6 nitrogen and oxygen atoms in total. The van der Waals surface area contributed by atoms with Crippen LogP contribution in [0.3, 0.4) is 0 Å². The number of anilines is 1. The molecule has 2 amide bonds. The third-order valence-corrected chi connectivity index (χ3v) is 3.03. The molecule has 1 saturated carbocycles. The van der Waals surface area contributed by atoms with Crippen molar-refractivity contribution in [3.8, 4) is 0 Å². The molecule has 2 rings (SSSR count). The monoisotopic (exact) mass is 265 g/mol. The summed E-state index contributed by atoms with van der Waals surface area (Å²) in [5.41, 5.74) is 0. The van der Waals surface area contributed by atoms with Crippen LogP contribution in [0.15, 0.2) is 16.9 Å². The van der Waals surface area contributed by atoms with E-state index in [1.165, 1.54) is 6.26 Å². The van der Waals surface area contributed by atoms with Gasteiger partial charge in [-0.25, -0.2) is 0 Å². The number of hydrogen-bond acceptors (Lipinski definition) is 4. The molecule has 0 atom stereocenters. The van der Waals surface area contributed by atoms with Crippen LogP contribution >= 0.6 is 0 Å². The van der Waals surface area contributed by atoms with Gasteiger partial charge in [-0.1, -0.05) is 12.1 Å². The van der Waals surface area contributed by atoms with Crippen molar-refractivity contribution in [3.05, 3.63) is 12.3 Å². The molecule has 0 unspecified atom stereocenters. The third kappa shape index (κ3) is 4.39. The van der Waals surface area contributed by atoms with Gasteiger partial charge in [0, 0.05) is 19.0 Å². The average molecular weight is 265 g/mol. The van der Waals surface area contributed by atoms with Crippen molar-refractivity contribution in [2.24, 2.45) is 5.92 Å². The van der Waals surface area contributed by atoms with Gasteiger partial charge in [0.25, 0.3) is 0 Å². The molecule has 1 aliphatic carbocycles. The van der Waals surface area contributed by atoms with Gasteiger partial charge in [-0.05, 0) is 25.2 Å². The van der Waals surface area contributed by atoms with Gasteiger partial charge >= 0.3 is 0 Å². The van der Waals surface area contributed by atoms with Gasteiger partial charge in [0.05, 0.1) is 6.54 Å².